The Morgan fingerprint density at radius 1 is 1.06 bits per heavy atom. The summed E-state index contributed by atoms with van der Waals surface area (Å²) in [6, 6.07) is 11.5. The van der Waals surface area contributed by atoms with Gasteiger partial charge in [0.25, 0.3) is 0 Å². The minimum absolute atomic E-state index is 0.184. The average Bonchev–Trinajstić information content (AvgIpc) is 2.84. The summed E-state index contributed by atoms with van der Waals surface area (Å²) in [5.74, 6) is 1.21. The van der Waals surface area contributed by atoms with Gasteiger partial charge in [0.05, 0.1) is 25.2 Å². The fourth-order valence-corrected chi connectivity index (χ4v) is 5.32. The summed E-state index contributed by atoms with van der Waals surface area (Å²) in [5.41, 5.74) is 1.49. The Bertz CT molecular complexity index is 1050. The second-order valence-corrected chi connectivity index (χ2v) is 10.2. The third-order valence-electron chi connectivity index (χ3n) is 6.03. The number of hydrogen-bond donors (Lipinski definition) is 1. The first-order chi connectivity index (χ1) is 15.8. The van der Waals surface area contributed by atoms with Gasteiger partial charge in [-0.1, -0.05) is 12.5 Å². The zero-order chi connectivity index (χ0) is 24.0. The van der Waals surface area contributed by atoms with Gasteiger partial charge in [-0.25, -0.2) is 8.42 Å². The highest BCUT2D eigenvalue weighted by atomic mass is 32.2. The van der Waals surface area contributed by atoms with Crippen LogP contribution in [0.4, 0.5) is 5.69 Å². The normalized spacial score (nSPS) is 15.8. The summed E-state index contributed by atoms with van der Waals surface area (Å²) in [6.45, 7) is 3.45. The predicted molar refractivity (Wildman–Crippen MR) is 128 cm³/mol. The van der Waals surface area contributed by atoms with Crippen LogP contribution in [0, 0.1) is 0 Å². The summed E-state index contributed by atoms with van der Waals surface area (Å²) in [4.78, 5) is 15.0. The van der Waals surface area contributed by atoms with E-state index in [1.165, 1.54) is 4.31 Å². The molecule has 0 aromatic heterocycles. The van der Waals surface area contributed by atoms with Crippen LogP contribution >= 0.6 is 0 Å². The zero-order valence-corrected chi connectivity index (χ0v) is 20.5. The Balaban J connectivity index is 1.62. The van der Waals surface area contributed by atoms with Crippen molar-refractivity contribution in [2.24, 2.45) is 0 Å². The molecule has 1 fully saturated rings. The first-order valence-corrected chi connectivity index (χ1v) is 12.5. The lowest BCUT2D eigenvalue weighted by Gasteiger charge is -2.26. The van der Waals surface area contributed by atoms with Gasteiger partial charge < -0.3 is 14.8 Å². The van der Waals surface area contributed by atoms with Gasteiger partial charge in [0.15, 0.2) is 0 Å². The molecule has 9 heteroatoms. The molecule has 1 saturated heterocycles. The molecule has 0 aliphatic carbocycles. The van der Waals surface area contributed by atoms with Crippen LogP contribution in [0.5, 0.6) is 11.5 Å². The molecule has 0 unspecified atom stereocenters. The number of piperidine rings is 1. The van der Waals surface area contributed by atoms with Crippen LogP contribution in [-0.2, 0) is 21.4 Å². The Kier molecular flexibility index (Phi) is 8.34. The fraction of sp³-hybridized carbons (Fsp3) is 0.458. The summed E-state index contributed by atoms with van der Waals surface area (Å²) in [6.07, 6.45) is 2.84. The number of methoxy groups -OCH3 is 2. The van der Waals surface area contributed by atoms with Gasteiger partial charge in [-0.05, 0) is 57.1 Å². The van der Waals surface area contributed by atoms with Crippen molar-refractivity contribution in [3.05, 3.63) is 48.0 Å². The largest absolute Gasteiger partial charge is 0.497 e. The predicted octanol–water partition coefficient (Wildman–Crippen LogP) is 3.34. The van der Waals surface area contributed by atoms with Gasteiger partial charge in [0.2, 0.25) is 15.9 Å². The summed E-state index contributed by atoms with van der Waals surface area (Å²) in [5, 5.41) is 2.87. The molecule has 2 aromatic carbocycles. The Morgan fingerprint density at radius 3 is 2.33 bits per heavy atom. The first kappa shape index (κ1) is 25.0. The molecule has 1 aliphatic rings. The molecule has 0 bridgehead atoms. The van der Waals surface area contributed by atoms with E-state index < -0.39 is 16.1 Å². The van der Waals surface area contributed by atoms with Crippen LogP contribution in [0.3, 0.4) is 0 Å². The Hall–Kier alpha value is -2.62. The number of nitrogens with one attached hydrogen (secondary N) is 1. The second-order valence-electron chi connectivity index (χ2n) is 8.25. The molecule has 33 heavy (non-hydrogen) atoms. The van der Waals surface area contributed by atoms with Gasteiger partial charge in [0.1, 0.15) is 11.5 Å². The van der Waals surface area contributed by atoms with Crippen molar-refractivity contribution in [3.63, 3.8) is 0 Å². The summed E-state index contributed by atoms with van der Waals surface area (Å²) < 4.78 is 37.8. The van der Waals surface area contributed by atoms with Crippen LogP contribution < -0.4 is 14.8 Å². The lowest BCUT2D eigenvalue weighted by atomic mass is 10.1. The maximum absolute atomic E-state index is 12.8. The number of anilines is 1. The topological polar surface area (TPSA) is 88.2 Å². The number of benzene rings is 2. The molecule has 8 nitrogen and oxygen atoms in total. The second kappa shape index (κ2) is 11.0. The maximum Gasteiger partial charge on any atom is 0.243 e. The van der Waals surface area contributed by atoms with Crippen molar-refractivity contribution in [2.45, 2.75) is 43.7 Å². The summed E-state index contributed by atoms with van der Waals surface area (Å²) >= 11 is 0. The lowest BCUT2D eigenvalue weighted by Crippen LogP contribution is -2.39. The molecule has 1 aliphatic heterocycles. The summed E-state index contributed by atoms with van der Waals surface area (Å²) in [7, 11) is 1.57. The number of nitrogens with zero attached hydrogens (tertiary/aromatic N) is 2. The van der Waals surface area contributed by atoms with Crippen molar-refractivity contribution in [2.75, 3.05) is 39.7 Å². The van der Waals surface area contributed by atoms with Crippen molar-refractivity contribution >= 4 is 21.6 Å². The van der Waals surface area contributed by atoms with E-state index in [1.807, 2.05) is 37.1 Å². The van der Waals surface area contributed by atoms with Crippen molar-refractivity contribution in [1.29, 1.82) is 0 Å². The third-order valence-corrected chi connectivity index (χ3v) is 7.94. The number of hydrogen-bond acceptors (Lipinski definition) is 6. The molecule has 180 valence electrons. The minimum atomic E-state index is -3.49. The van der Waals surface area contributed by atoms with E-state index in [-0.39, 0.29) is 10.8 Å². The number of amides is 1. The van der Waals surface area contributed by atoms with E-state index in [9.17, 15) is 13.2 Å². The first-order valence-electron chi connectivity index (χ1n) is 11.1. The fourth-order valence-electron chi connectivity index (χ4n) is 3.80. The molecule has 3 rings (SSSR count). The van der Waals surface area contributed by atoms with Crippen LogP contribution in [-0.4, -0.2) is 63.9 Å². The lowest BCUT2D eigenvalue weighted by molar-refractivity contribution is -0.120. The number of carbonyl (C=O) groups is 1. The van der Waals surface area contributed by atoms with Gasteiger partial charge in [-0.15, -0.1) is 0 Å². The zero-order valence-electron chi connectivity index (χ0n) is 19.7. The number of rotatable bonds is 9. The van der Waals surface area contributed by atoms with E-state index in [0.717, 1.165) is 24.8 Å². The molecule has 1 heterocycles. The number of carbonyl (C=O) groups excluding carboxylic acids is 1. The molecule has 0 saturated carbocycles. The molecule has 1 N–H and O–H groups in total. The standard InChI is InChI=1S/C24H33N3O5S/c1-18(26(2)17-19-8-11-21(31-3)16-23(19)32-4)24(28)25-20-9-12-22(13-10-20)33(29,30)27-14-6-5-7-15-27/h8-13,16,18H,5-7,14-15,17H2,1-4H3,(H,25,28)/t18-/m1/s1. The Labute approximate surface area is 196 Å². The molecule has 1 amide bonds. The van der Waals surface area contributed by atoms with E-state index in [4.69, 9.17) is 9.47 Å². The van der Waals surface area contributed by atoms with Crippen molar-refractivity contribution < 1.29 is 22.7 Å². The van der Waals surface area contributed by atoms with Gasteiger partial charge in [-0.3, -0.25) is 9.69 Å². The van der Waals surface area contributed by atoms with E-state index >= 15 is 0 Å². The molecular weight excluding hydrogens is 442 g/mol. The van der Waals surface area contributed by atoms with E-state index in [2.05, 4.69) is 5.32 Å². The highest BCUT2D eigenvalue weighted by molar-refractivity contribution is 7.89. The molecular formula is C24H33N3O5S. The third kappa shape index (κ3) is 6.04. The van der Waals surface area contributed by atoms with E-state index in [1.54, 1.807) is 38.5 Å². The maximum atomic E-state index is 12.8. The van der Waals surface area contributed by atoms with Crippen LogP contribution in [0.2, 0.25) is 0 Å². The monoisotopic (exact) mass is 475 g/mol. The van der Waals surface area contributed by atoms with Gasteiger partial charge in [0, 0.05) is 37.0 Å². The molecule has 1 atom stereocenters. The average molecular weight is 476 g/mol. The van der Waals surface area contributed by atoms with Crippen molar-refractivity contribution in [1.82, 2.24) is 9.21 Å². The van der Waals surface area contributed by atoms with Crippen LogP contribution in [0.25, 0.3) is 0 Å². The quantitative estimate of drug-likeness (QED) is 0.599. The number of ether oxygens (including phenoxy) is 2. The molecule has 0 radical (unpaired) electrons. The highest BCUT2D eigenvalue weighted by Gasteiger charge is 2.26. The van der Waals surface area contributed by atoms with Crippen molar-refractivity contribution in [3.8, 4) is 11.5 Å². The Morgan fingerprint density at radius 2 is 1.73 bits per heavy atom. The van der Waals surface area contributed by atoms with E-state index in [0.29, 0.717) is 36.8 Å². The van der Waals surface area contributed by atoms with Crippen LogP contribution in [0.1, 0.15) is 31.7 Å². The SMILES string of the molecule is COc1ccc(CN(C)[C@H](C)C(=O)Nc2ccc(S(=O)(=O)N3CCCCC3)cc2)c(OC)c1. The van der Waals surface area contributed by atoms with Gasteiger partial charge in [-0.2, -0.15) is 4.31 Å². The molecule has 0 spiro atoms. The minimum Gasteiger partial charge on any atom is -0.497 e. The molecule has 2 aromatic rings. The number of sulfonamides is 1. The van der Waals surface area contributed by atoms with Crippen LogP contribution in [0.15, 0.2) is 47.4 Å². The highest BCUT2D eigenvalue weighted by Crippen LogP contribution is 2.26. The van der Waals surface area contributed by atoms with Gasteiger partial charge >= 0.3 is 0 Å². The number of likely N-dealkylation sites (N-methyl/N-ethyl adjacent to an activating group) is 1. The smallest absolute Gasteiger partial charge is 0.243 e.